The van der Waals surface area contributed by atoms with Crippen LogP contribution in [0.3, 0.4) is 0 Å². The zero-order valence-electron chi connectivity index (χ0n) is 88.8. The second kappa shape index (κ2) is 46.4. The van der Waals surface area contributed by atoms with Crippen LogP contribution < -0.4 is 0 Å². The van der Waals surface area contributed by atoms with Gasteiger partial charge in [-0.1, -0.05) is 203 Å². The minimum absolute atomic E-state index is 0.239. The zero-order chi connectivity index (χ0) is 94.7. The normalized spacial score (nSPS) is 38.5. The summed E-state index contributed by atoms with van der Waals surface area (Å²) >= 11 is 0. The quantitative estimate of drug-likeness (QED) is 0.0637. The van der Waals surface area contributed by atoms with Gasteiger partial charge in [0.2, 0.25) is 0 Å². The summed E-state index contributed by atoms with van der Waals surface area (Å²) in [5, 5.41) is 2.76. The Morgan fingerprint density at radius 2 is 0.556 bits per heavy atom. The second-order valence-electron chi connectivity index (χ2n) is 50.1. The smallest absolute Gasteiger partial charge is 0.0875 e. The van der Waals surface area contributed by atoms with E-state index >= 15 is 0 Å². The fourth-order valence-electron chi connectivity index (χ4n) is 32.5. The first-order valence-corrected chi connectivity index (χ1v) is 57.7. The molecule has 750 valence electrons. The second-order valence-corrected chi connectivity index (χ2v) is 50.1. The lowest BCUT2D eigenvalue weighted by Crippen LogP contribution is -2.34. The lowest BCUT2D eigenvalue weighted by Gasteiger charge is -2.34. The summed E-state index contributed by atoms with van der Waals surface area (Å²) in [6.07, 6.45) is 66.4. The van der Waals surface area contributed by atoms with E-state index in [9.17, 15) is 0 Å². The van der Waals surface area contributed by atoms with Crippen molar-refractivity contribution in [1.29, 1.82) is 0 Å². The van der Waals surface area contributed by atoms with Gasteiger partial charge in [-0.2, -0.15) is 0 Å². The number of ether oxygens (including phenoxy) is 9. The van der Waals surface area contributed by atoms with Gasteiger partial charge in [-0.05, 0) is 467 Å². The van der Waals surface area contributed by atoms with E-state index in [1.165, 1.54) is 205 Å². The third kappa shape index (κ3) is 23.7. The number of fused-ring (bicyclic) bond motifs is 32. The fraction of sp³-hybridized carbons (Fsp3) is 0.778. The third-order valence-corrected chi connectivity index (χ3v) is 40.0. The van der Waals surface area contributed by atoms with Crippen molar-refractivity contribution in [3.8, 4) is 0 Å². The molecule has 0 N–H and O–H groups in total. The van der Waals surface area contributed by atoms with Crippen molar-refractivity contribution in [1.82, 2.24) is 0 Å². The van der Waals surface area contributed by atoms with E-state index in [0.29, 0.717) is 122 Å². The van der Waals surface area contributed by atoms with Crippen LogP contribution in [-0.4, -0.2) is 104 Å². The molecule has 9 heteroatoms. The van der Waals surface area contributed by atoms with Crippen molar-refractivity contribution in [3.05, 3.63) is 155 Å². The monoisotopic (exact) mass is 1850 g/mol. The van der Waals surface area contributed by atoms with Gasteiger partial charge in [0.25, 0.3) is 0 Å². The number of allylic oxidation sites excluding steroid dienone is 6. The molecule has 25 rings (SSSR count). The lowest BCUT2D eigenvalue weighted by atomic mass is 9.80. The van der Waals surface area contributed by atoms with Crippen LogP contribution in [0.1, 0.15) is 358 Å². The molecule has 37 unspecified atom stereocenters. The third-order valence-electron chi connectivity index (χ3n) is 40.0. The number of rotatable bonds is 24. The lowest BCUT2D eigenvalue weighted by molar-refractivity contribution is -0.0669. The highest BCUT2D eigenvalue weighted by Gasteiger charge is 2.60. The van der Waals surface area contributed by atoms with Gasteiger partial charge < -0.3 is 42.6 Å². The van der Waals surface area contributed by atoms with Gasteiger partial charge in [-0.15, -0.1) is 0 Å². The maximum atomic E-state index is 6.31. The van der Waals surface area contributed by atoms with Gasteiger partial charge in [0.1, 0.15) is 0 Å². The van der Waals surface area contributed by atoms with Crippen molar-refractivity contribution < 1.29 is 42.6 Å². The number of benzene rings is 4. The molecule has 0 aliphatic heterocycles. The molecule has 0 aromatic heterocycles. The van der Waals surface area contributed by atoms with Crippen LogP contribution >= 0.6 is 0 Å². The minimum Gasteiger partial charge on any atom is -0.375 e. The van der Waals surface area contributed by atoms with E-state index in [2.05, 4.69) is 267 Å². The zero-order valence-corrected chi connectivity index (χ0v) is 88.8. The van der Waals surface area contributed by atoms with Crippen LogP contribution in [0, 0.1) is 160 Å². The van der Waals surface area contributed by atoms with Gasteiger partial charge in [-0.3, -0.25) is 0 Å². The topological polar surface area (TPSA) is 83.1 Å². The van der Waals surface area contributed by atoms with E-state index in [1.807, 2.05) is 0 Å². The molecule has 0 radical (unpaired) electrons. The van der Waals surface area contributed by atoms with Gasteiger partial charge in [-0.25, -0.2) is 0 Å². The van der Waals surface area contributed by atoms with Crippen LogP contribution in [0.5, 0.6) is 0 Å². The summed E-state index contributed by atoms with van der Waals surface area (Å²) < 4.78 is 55.0. The molecule has 21 aliphatic carbocycles. The van der Waals surface area contributed by atoms with Crippen LogP contribution in [-0.2, 0) is 74.7 Å². The molecule has 0 heterocycles. The molecule has 37 atom stereocenters. The Morgan fingerprint density at radius 3 is 0.926 bits per heavy atom. The number of hydrogen-bond donors (Lipinski definition) is 0. The molecule has 21 aliphatic rings. The van der Waals surface area contributed by atoms with Crippen molar-refractivity contribution in [3.63, 3.8) is 0 Å². The summed E-state index contributed by atoms with van der Waals surface area (Å²) in [6, 6.07) is 30.4. The summed E-state index contributed by atoms with van der Waals surface area (Å²) in [5.74, 6) is 25.3. The van der Waals surface area contributed by atoms with Crippen molar-refractivity contribution >= 4 is 10.8 Å². The van der Waals surface area contributed by atoms with Crippen LogP contribution in [0.25, 0.3) is 10.8 Å². The van der Waals surface area contributed by atoms with Crippen LogP contribution in [0.4, 0.5) is 0 Å². The molecule has 135 heavy (non-hydrogen) atoms. The highest BCUT2D eigenvalue weighted by molar-refractivity contribution is 5.91. The SMILES string of the molecule is CC(C)C(C)OC1CC2CC1C1C=CCC21.CC(C)C(C)OC1CC2CC1C1CCCC21.CC(C)C(C)OC1Cc2cccc3cccc1c23.CC(C)OC1CC2CC1C1C=CCC21.CC(C)OC1CC2CC1C1CCCC21.CC(C)OC1Cc2ccccc2C1.CCC(C)OC1CC2CC1C1C=CCC21.CCC(C)OC1CC2CC1C1CCCC21.CCC(C)OC1Cc2ccccc2C1. The van der Waals surface area contributed by atoms with Crippen molar-refractivity contribution in [2.24, 2.45) is 160 Å². The average molecular weight is 1850 g/mol. The predicted octanol–water partition coefficient (Wildman–Crippen LogP) is 30.8. The molecule has 15 saturated carbocycles. The minimum atomic E-state index is 0.239. The molecule has 0 amide bonds. The standard InChI is InChI=1S/C17H20O.C15H26O.C15H24O.C14H24O.C14H22O.C13H22O.C13H20O.C13H18O.C12H16O/c1-11(2)12(3)18-16-10-14-8-4-6-13-7-5-9-15(16)17(13)14;2*1-9(2)10(3)16-15-8-11-7-14(15)13-6-4-5-12(11)13;2*1-3-9(2)15-14-8-10-7-13(14)12-6-4-5-11(10)12;2*1-8(2)14-13-7-9-6-12(13)11-5-3-4-10(9)11;1-3-10(2)14-13-8-11-6-4-5-7-12(11)9-13;1-9(2)13-12-7-10-5-3-4-6-11(10)8-12/h4-9,11-12,16H,10H2,1-3H3;9-15H,4-8H2,1-3H3;4,6,9-15H,5,7-8H2,1-3H3;9-14H,3-8H2,1-2H3;4,6,9-14H,3,5,7-8H2,1-2H3;8-13H,3-7H2,1-2H3;3,5,8-13H,4,6-7H2,1-2H3;4-7,10,13H,3,8-9H2,1-2H3;3-6,9,12H,7-8H2,1-2H3. The Hall–Kier alpha value is -4.00. The van der Waals surface area contributed by atoms with E-state index in [0.717, 1.165) is 187 Å². The highest BCUT2D eigenvalue weighted by atomic mass is 16.5. The van der Waals surface area contributed by atoms with E-state index in [-0.39, 0.29) is 6.10 Å². The van der Waals surface area contributed by atoms with E-state index in [4.69, 9.17) is 42.6 Å². The Bertz CT molecular complexity index is 4370. The summed E-state index contributed by atoms with van der Waals surface area (Å²) in [7, 11) is 0. The molecule has 12 bridgehead atoms. The maximum absolute atomic E-state index is 6.31. The van der Waals surface area contributed by atoms with Gasteiger partial charge in [0.15, 0.2) is 0 Å². The van der Waals surface area contributed by atoms with E-state index < -0.39 is 0 Å². The molecular weight excluding hydrogens is 1660 g/mol. The highest BCUT2D eigenvalue weighted by Crippen LogP contribution is 2.65. The Morgan fingerprint density at radius 1 is 0.259 bits per heavy atom. The van der Waals surface area contributed by atoms with Crippen molar-refractivity contribution in [2.75, 3.05) is 0 Å². The van der Waals surface area contributed by atoms with Crippen molar-refractivity contribution in [2.45, 2.75) is 461 Å². The molecule has 9 nitrogen and oxygen atoms in total. The Kier molecular flexibility index (Phi) is 35.2. The summed E-state index contributed by atoms with van der Waals surface area (Å²) in [6.45, 7) is 46.3. The summed E-state index contributed by atoms with van der Waals surface area (Å²) in [4.78, 5) is 0. The molecular formula is C126H192O9. The largest absolute Gasteiger partial charge is 0.375 e. The fourth-order valence-corrected chi connectivity index (χ4v) is 32.5. The molecule has 15 fully saturated rings. The molecule has 0 saturated heterocycles. The van der Waals surface area contributed by atoms with Gasteiger partial charge in [0.05, 0.1) is 110 Å². The molecule has 4 aromatic rings. The Balaban J connectivity index is 0.000000106. The predicted molar refractivity (Wildman–Crippen MR) is 558 cm³/mol. The Labute approximate surface area is 823 Å². The molecule has 0 spiro atoms. The average Bonchev–Trinajstić information content (AvgIpc) is 1.62. The first-order chi connectivity index (χ1) is 65.1. The van der Waals surface area contributed by atoms with Crippen LogP contribution in [0.15, 0.2) is 121 Å². The summed E-state index contributed by atoms with van der Waals surface area (Å²) in [5.41, 5.74) is 8.68. The molecule has 4 aromatic carbocycles. The van der Waals surface area contributed by atoms with E-state index in [1.54, 1.807) is 0 Å². The maximum Gasteiger partial charge on any atom is 0.0875 e. The van der Waals surface area contributed by atoms with Gasteiger partial charge >= 0.3 is 0 Å². The van der Waals surface area contributed by atoms with Crippen LogP contribution in [0.2, 0.25) is 0 Å². The number of hydrogen-bond acceptors (Lipinski definition) is 9. The first kappa shape index (κ1) is 102. The first-order valence-electron chi connectivity index (χ1n) is 57.7. The van der Waals surface area contributed by atoms with Gasteiger partial charge in [0, 0.05) is 6.42 Å².